The van der Waals surface area contributed by atoms with Crippen LogP contribution in [0, 0.1) is 0 Å². The molecule has 0 saturated heterocycles. The summed E-state index contributed by atoms with van der Waals surface area (Å²) in [7, 11) is 2.11. The Bertz CT molecular complexity index is 986. The van der Waals surface area contributed by atoms with Gasteiger partial charge in [0.2, 0.25) is 5.88 Å². The van der Waals surface area contributed by atoms with Crippen LogP contribution in [0.5, 0.6) is 11.6 Å². The second kappa shape index (κ2) is 8.91. The highest BCUT2D eigenvalue weighted by molar-refractivity contribution is 6.33. The summed E-state index contributed by atoms with van der Waals surface area (Å²) < 4.78 is 5.80. The van der Waals surface area contributed by atoms with E-state index in [1.54, 1.807) is 6.07 Å². The van der Waals surface area contributed by atoms with Gasteiger partial charge in [-0.25, -0.2) is 9.97 Å². The third-order valence-corrected chi connectivity index (χ3v) is 4.05. The number of anilines is 2. The zero-order valence-corrected chi connectivity index (χ0v) is 16.2. The van der Waals surface area contributed by atoms with E-state index >= 15 is 0 Å². The Balaban J connectivity index is 1.60. The molecule has 140 valence electrons. The number of nitrogens with one attached hydrogen (secondary N) is 2. The fourth-order valence-electron chi connectivity index (χ4n) is 2.70. The molecule has 3 aromatic rings. The van der Waals surface area contributed by atoms with Crippen LogP contribution in [0.4, 0.5) is 11.5 Å². The molecule has 0 amide bonds. The Labute approximate surface area is 166 Å². The zero-order chi connectivity index (χ0) is 19.9. The van der Waals surface area contributed by atoms with Gasteiger partial charge in [-0.3, -0.25) is 0 Å². The summed E-state index contributed by atoms with van der Waals surface area (Å²) >= 11 is 0. The Hall–Kier alpha value is -3.54. The number of aromatic nitrogens is 2. The lowest BCUT2D eigenvalue weighted by Gasteiger charge is -2.12. The van der Waals surface area contributed by atoms with Crippen molar-refractivity contribution < 1.29 is 4.74 Å². The molecular weight excluding hydrogens is 347 g/mol. The van der Waals surface area contributed by atoms with Crippen LogP contribution in [0.1, 0.15) is 12.5 Å². The summed E-state index contributed by atoms with van der Waals surface area (Å²) in [5, 5.41) is 6.38. The van der Waals surface area contributed by atoms with Crippen molar-refractivity contribution in [3.63, 3.8) is 0 Å². The topological polar surface area (TPSA) is 59.1 Å². The molecule has 0 bridgehead atoms. The van der Waals surface area contributed by atoms with E-state index in [4.69, 9.17) is 4.74 Å². The summed E-state index contributed by atoms with van der Waals surface area (Å²) in [5.74, 6) is 1.79. The summed E-state index contributed by atoms with van der Waals surface area (Å²) in [4.78, 5) is 8.26. The van der Waals surface area contributed by atoms with Crippen molar-refractivity contribution >= 4 is 24.8 Å². The van der Waals surface area contributed by atoms with E-state index in [0.717, 1.165) is 23.5 Å². The lowest BCUT2D eigenvalue weighted by Crippen LogP contribution is -2.12. The Kier molecular flexibility index (Phi) is 6.12. The summed E-state index contributed by atoms with van der Waals surface area (Å²) in [6, 6.07) is 17.7. The van der Waals surface area contributed by atoms with Gasteiger partial charge < -0.3 is 15.4 Å². The van der Waals surface area contributed by atoms with Crippen molar-refractivity contribution in [2.75, 3.05) is 10.6 Å². The minimum atomic E-state index is 0.462. The number of hydrogen-bond donors (Lipinski definition) is 2. The number of rotatable bonds is 8. The van der Waals surface area contributed by atoms with Crippen molar-refractivity contribution in [1.29, 1.82) is 0 Å². The Morgan fingerprint density at radius 2 is 1.79 bits per heavy atom. The molecule has 0 fully saturated rings. The first kappa shape index (κ1) is 19.2. The maximum Gasteiger partial charge on any atom is 0.224 e. The SMILES string of the molecule is Bc1ccccc1CC(=C)Nc1ccc(Oc2cc(NC(=C)C)ncn2)cc1. The van der Waals surface area contributed by atoms with Gasteiger partial charge in [-0.1, -0.05) is 42.9 Å². The molecule has 5 nitrogen and oxygen atoms in total. The molecule has 0 saturated carbocycles. The number of hydrogen-bond acceptors (Lipinski definition) is 5. The van der Waals surface area contributed by atoms with E-state index in [2.05, 4.69) is 53.7 Å². The second-order valence-electron chi connectivity index (χ2n) is 6.61. The van der Waals surface area contributed by atoms with Gasteiger partial charge in [0.05, 0.1) is 0 Å². The minimum absolute atomic E-state index is 0.462. The highest BCUT2D eigenvalue weighted by atomic mass is 16.5. The molecule has 1 heterocycles. The predicted octanol–water partition coefficient (Wildman–Crippen LogP) is 3.64. The van der Waals surface area contributed by atoms with Gasteiger partial charge in [0, 0.05) is 29.6 Å². The van der Waals surface area contributed by atoms with Crippen LogP contribution in [0.3, 0.4) is 0 Å². The van der Waals surface area contributed by atoms with E-state index in [1.165, 1.54) is 17.4 Å². The van der Waals surface area contributed by atoms with Crippen molar-refractivity contribution in [3.8, 4) is 11.6 Å². The van der Waals surface area contributed by atoms with Gasteiger partial charge in [-0.2, -0.15) is 0 Å². The molecule has 0 aliphatic rings. The van der Waals surface area contributed by atoms with Crippen LogP contribution >= 0.6 is 0 Å². The second-order valence-corrected chi connectivity index (χ2v) is 6.61. The van der Waals surface area contributed by atoms with E-state index in [9.17, 15) is 0 Å². The van der Waals surface area contributed by atoms with Crippen LogP contribution in [0.25, 0.3) is 0 Å². The standard InChI is InChI=1S/C22H23BN4O/c1-15(2)26-21-13-22(25-14-24-21)28-19-10-8-18(9-11-19)27-16(3)12-17-6-4-5-7-20(17)23/h4-11,13-14,27H,1,3,12,23H2,2H3,(H,24,25,26). The molecule has 28 heavy (non-hydrogen) atoms. The number of nitrogens with zero attached hydrogens (tertiary/aromatic N) is 2. The molecule has 0 spiro atoms. The molecule has 1 aromatic heterocycles. The third kappa shape index (κ3) is 5.48. The van der Waals surface area contributed by atoms with Gasteiger partial charge in [-0.05, 0) is 36.8 Å². The molecule has 0 radical (unpaired) electrons. The first-order chi connectivity index (χ1) is 13.5. The van der Waals surface area contributed by atoms with Crippen molar-refractivity contribution in [2.24, 2.45) is 0 Å². The van der Waals surface area contributed by atoms with Gasteiger partial charge in [0.1, 0.15) is 25.7 Å². The lowest BCUT2D eigenvalue weighted by molar-refractivity contribution is 0.462. The number of benzene rings is 2. The highest BCUT2D eigenvalue weighted by Gasteiger charge is 2.04. The molecule has 0 unspecified atom stereocenters. The first-order valence-electron chi connectivity index (χ1n) is 9.01. The minimum Gasteiger partial charge on any atom is -0.439 e. The van der Waals surface area contributed by atoms with Gasteiger partial charge >= 0.3 is 0 Å². The molecule has 0 aliphatic heterocycles. The van der Waals surface area contributed by atoms with E-state index in [-0.39, 0.29) is 0 Å². The third-order valence-electron chi connectivity index (χ3n) is 4.05. The predicted molar refractivity (Wildman–Crippen MR) is 118 cm³/mol. The average Bonchev–Trinajstić information content (AvgIpc) is 2.65. The number of ether oxygens (including phenoxy) is 1. The maximum atomic E-state index is 5.80. The molecule has 6 heteroatoms. The fraction of sp³-hybridized carbons (Fsp3) is 0.0909. The highest BCUT2D eigenvalue weighted by Crippen LogP contribution is 2.23. The van der Waals surface area contributed by atoms with Crippen LogP contribution in [-0.4, -0.2) is 17.8 Å². The quantitative estimate of drug-likeness (QED) is 0.593. The van der Waals surface area contributed by atoms with Crippen LogP contribution in [0.2, 0.25) is 0 Å². The van der Waals surface area contributed by atoms with E-state index in [1.807, 2.05) is 43.3 Å². The first-order valence-corrected chi connectivity index (χ1v) is 9.01. The average molecular weight is 370 g/mol. The van der Waals surface area contributed by atoms with Crippen molar-refractivity contribution in [1.82, 2.24) is 9.97 Å². The van der Waals surface area contributed by atoms with Crippen LogP contribution in [-0.2, 0) is 6.42 Å². The summed E-state index contributed by atoms with van der Waals surface area (Å²) in [5.41, 5.74) is 5.22. The van der Waals surface area contributed by atoms with Crippen LogP contribution in [0.15, 0.2) is 85.5 Å². The van der Waals surface area contributed by atoms with Crippen molar-refractivity contribution in [3.05, 3.63) is 91.0 Å². The molecule has 0 atom stereocenters. The van der Waals surface area contributed by atoms with Crippen LogP contribution < -0.4 is 20.8 Å². The molecule has 0 aliphatic carbocycles. The molecule has 2 aromatic carbocycles. The molecular formula is C22H23BN4O. The van der Waals surface area contributed by atoms with Gasteiger partial charge in [0.15, 0.2) is 0 Å². The van der Waals surface area contributed by atoms with Gasteiger partial charge in [0.25, 0.3) is 0 Å². The van der Waals surface area contributed by atoms with E-state index in [0.29, 0.717) is 17.4 Å². The molecule has 2 N–H and O–H groups in total. The number of allylic oxidation sites excluding steroid dienone is 2. The lowest BCUT2D eigenvalue weighted by atomic mass is 9.89. The van der Waals surface area contributed by atoms with Crippen molar-refractivity contribution in [2.45, 2.75) is 13.3 Å². The smallest absolute Gasteiger partial charge is 0.224 e. The largest absolute Gasteiger partial charge is 0.439 e. The fourth-order valence-corrected chi connectivity index (χ4v) is 2.70. The monoisotopic (exact) mass is 370 g/mol. The maximum absolute atomic E-state index is 5.80. The molecule has 3 rings (SSSR count). The normalized spacial score (nSPS) is 10.2. The summed E-state index contributed by atoms with van der Waals surface area (Å²) in [6.07, 6.45) is 2.23. The van der Waals surface area contributed by atoms with Gasteiger partial charge in [-0.15, -0.1) is 0 Å². The zero-order valence-electron chi connectivity index (χ0n) is 16.2. The van der Waals surface area contributed by atoms with E-state index < -0.39 is 0 Å². The Morgan fingerprint density at radius 3 is 2.50 bits per heavy atom. The summed E-state index contributed by atoms with van der Waals surface area (Å²) in [6.45, 7) is 9.80. The Morgan fingerprint density at radius 1 is 1.04 bits per heavy atom.